The highest BCUT2D eigenvalue weighted by Crippen LogP contribution is 2.29. The normalized spacial score (nSPS) is 13.2. The number of anilines is 1. The Morgan fingerprint density at radius 3 is 2.15 bits per heavy atom. The molecule has 4 N–H and O–H groups in total. The molecule has 0 spiro atoms. The molecule has 8 heteroatoms. The molecule has 0 saturated carbocycles. The van der Waals surface area contributed by atoms with E-state index in [0.717, 1.165) is 5.56 Å². The van der Waals surface area contributed by atoms with E-state index in [2.05, 4.69) is 16.0 Å². The number of carbonyl (C=O) groups is 4. The number of aliphatic carboxylic acids is 1. The summed E-state index contributed by atoms with van der Waals surface area (Å²) in [6, 6.07) is 5.59. The molecular formula is C19H27N3O5. The Hall–Kier alpha value is -2.90. The van der Waals surface area contributed by atoms with Gasteiger partial charge in [0.25, 0.3) is 0 Å². The maximum Gasteiger partial charge on any atom is 0.313 e. The maximum absolute atomic E-state index is 12.2. The van der Waals surface area contributed by atoms with Crippen LogP contribution in [0.1, 0.15) is 46.6 Å². The van der Waals surface area contributed by atoms with Crippen LogP contribution in [0.5, 0.6) is 0 Å². The number of carboxylic acid groups (broad SMARTS) is 1. The van der Waals surface area contributed by atoms with Gasteiger partial charge in [0, 0.05) is 11.7 Å². The number of amides is 3. The quantitative estimate of drug-likeness (QED) is 0.558. The van der Waals surface area contributed by atoms with E-state index in [0.29, 0.717) is 5.69 Å². The van der Waals surface area contributed by atoms with Crippen LogP contribution in [0, 0.1) is 0 Å². The van der Waals surface area contributed by atoms with Crippen LogP contribution in [0.15, 0.2) is 24.3 Å². The highest BCUT2D eigenvalue weighted by atomic mass is 16.4. The number of rotatable bonds is 6. The van der Waals surface area contributed by atoms with Gasteiger partial charge in [-0.2, -0.15) is 0 Å². The summed E-state index contributed by atoms with van der Waals surface area (Å²) in [6.07, 6.45) is -0.240. The van der Waals surface area contributed by atoms with Crippen LogP contribution in [0.3, 0.4) is 0 Å². The van der Waals surface area contributed by atoms with E-state index < -0.39 is 35.8 Å². The number of carbonyl (C=O) groups excluding carboxylic acids is 3. The fourth-order valence-electron chi connectivity index (χ4n) is 2.43. The third-order valence-corrected chi connectivity index (χ3v) is 3.80. The number of para-hydroxylation sites is 1. The van der Waals surface area contributed by atoms with Crippen LogP contribution in [0.4, 0.5) is 5.69 Å². The molecule has 1 aromatic rings. The highest BCUT2D eigenvalue weighted by Gasteiger charge is 2.24. The fraction of sp³-hybridized carbons (Fsp3) is 0.474. The van der Waals surface area contributed by atoms with Crippen molar-refractivity contribution in [3.8, 4) is 0 Å². The lowest BCUT2D eigenvalue weighted by atomic mass is 9.86. The van der Waals surface area contributed by atoms with Crippen LogP contribution in [0.25, 0.3) is 0 Å². The van der Waals surface area contributed by atoms with E-state index in [1.165, 1.54) is 13.8 Å². The summed E-state index contributed by atoms with van der Waals surface area (Å²) in [4.78, 5) is 46.9. The molecule has 0 aliphatic carbocycles. The summed E-state index contributed by atoms with van der Waals surface area (Å²) < 4.78 is 0. The van der Waals surface area contributed by atoms with Crippen molar-refractivity contribution in [2.24, 2.45) is 0 Å². The number of benzene rings is 1. The zero-order chi connectivity index (χ0) is 20.8. The first kappa shape index (κ1) is 22.1. The standard InChI is InChI=1S/C19H27N3O5/c1-11(10-15(23)24)20-16(25)12(2)21-17(26)18(27)22-14-9-7-6-8-13(14)19(3,4)5/h6-9,11-12H,10H2,1-5H3,(H,20,25)(H,21,26)(H,22,27)(H,23,24)/t11-,12+/m1/s1. The largest absolute Gasteiger partial charge is 0.481 e. The molecule has 27 heavy (non-hydrogen) atoms. The van der Waals surface area contributed by atoms with Gasteiger partial charge in [0.1, 0.15) is 6.04 Å². The Bertz CT molecular complexity index is 724. The van der Waals surface area contributed by atoms with Crippen LogP contribution in [-0.2, 0) is 24.6 Å². The Morgan fingerprint density at radius 1 is 1.00 bits per heavy atom. The second-order valence-electron chi connectivity index (χ2n) is 7.45. The molecule has 8 nitrogen and oxygen atoms in total. The van der Waals surface area contributed by atoms with E-state index in [4.69, 9.17) is 5.11 Å². The van der Waals surface area contributed by atoms with Crippen molar-refractivity contribution in [3.05, 3.63) is 29.8 Å². The summed E-state index contributed by atoms with van der Waals surface area (Å²) in [6.45, 7) is 8.92. The van der Waals surface area contributed by atoms with Gasteiger partial charge < -0.3 is 21.1 Å². The SMILES string of the molecule is C[C@H](CC(=O)O)NC(=O)[C@H](C)NC(=O)C(=O)Nc1ccccc1C(C)(C)C. The monoisotopic (exact) mass is 377 g/mol. The van der Waals surface area contributed by atoms with Gasteiger partial charge in [-0.1, -0.05) is 39.0 Å². The number of nitrogens with one attached hydrogen (secondary N) is 3. The van der Waals surface area contributed by atoms with Crippen molar-refractivity contribution in [3.63, 3.8) is 0 Å². The van der Waals surface area contributed by atoms with Gasteiger partial charge in [0.15, 0.2) is 0 Å². The summed E-state index contributed by atoms with van der Waals surface area (Å²) in [5.74, 6) is -3.45. The molecule has 2 atom stereocenters. The Labute approximate surface area is 158 Å². The van der Waals surface area contributed by atoms with Gasteiger partial charge in [-0.05, 0) is 30.9 Å². The summed E-state index contributed by atoms with van der Waals surface area (Å²) in [5.41, 5.74) is 1.17. The fourth-order valence-corrected chi connectivity index (χ4v) is 2.43. The molecule has 1 aromatic carbocycles. The van der Waals surface area contributed by atoms with Crippen molar-refractivity contribution in [2.45, 2.75) is 58.5 Å². The Morgan fingerprint density at radius 2 is 1.59 bits per heavy atom. The molecular weight excluding hydrogens is 350 g/mol. The average Bonchev–Trinajstić information content (AvgIpc) is 2.53. The van der Waals surface area contributed by atoms with Crippen molar-refractivity contribution in [1.82, 2.24) is 10.6 Å². The van der Waals surface area contributed by atoms with E-state index in [-0.39, 0.29) is 11.8 Å². The molecule has 0 fully saturated rings. The van der Waals surface area contributed by atoms with E-state index in [1.54, 1.807) is 12.1 Å². The first-order valence-electron chi connectivity index (χ1n) is 8.65. The highest BCUT2D eigenvalue weighted by molar-refractivity contribution is 6.40. The zero-order valence-electron chi connectivity index (χ0n) is 16.3. The summed E-state index contributed by atoms with van der Waals surface area (Å²) in [7, 11) is 0. The predicted molar refractivity (Wildman–Crippen MR) is 101 cm³/mol. The summed E-state index contributed by atoms with van der Waals surface area (Å²) >= 11 is 0. The molecule has 0 bridgehead atoms. The predicted octanol–water partition coefficient (Wildman–Crippen LogP) is 1.41. The zero-order valence-corrected chi connectivity index (χ0v) is 16.3. The average molecular weight is 377 g/mol. The lowest BCUT2D eigenvalue weighted by Gasteiger charge is -2.23. The third-order valence-electron chi connectivity index (χ3n) is 3.80. The Kier molecular flexibility index (Phi) is 7.51. The number of hydrogen-bond acceptors (Lipinski definition) is 4. The van der Waals surface area contributed by atoms with Crippen molar-refractivity contribution < 1.29 is 24.3 Å². The summed E-state index contributed by atoms with van der Waals surface area (Å²) in [5, 5.41) is 16.0. The van der Waals surface area contributed by atoms with Crippen LogP contribution in [0.2, 0.25) is 0 Å². The van der Waals surface area contributed by atoms with Crippen LogP contribution in [-0.4, -0.2) is 40.9 Å². The van der Waals surface area contributed by atoms with Gasteiger partial charge in [0.2, 0.25) is 5.91 Å². The van der Waals surface area contributed by atoms with E-state index in [1.807, 2.05) is 32.9 Å². The van der Waals surface area contributed by atoms with E-state index in [9.17, 15) is 19.2 Å². The van der Waals surface area contributed by atoms with Crippen LogP contribution < -0.4 is 16.0 Å². The Balaban J connectivity index is 2.69. The van der Waals surface area contributed by atoms with Crippen molar-refractivity contribution in [1.29, 1.82) is 0 Å². The molecule has 0 saturated heterocycles. The number of hydrogen-bond donors (Lipinski definition) is 4. The van der Waals surface area contributed by atoms with Gasteiger partial charge in [-0.25, -0.2) is 0 Å². The van der Waals surface area contributed by atoms with Crippen LogP contribution >= 0.6 is 0 Å². The van der Waals surface area contributed by atoms with Crippen molar-refractivity contribution in [2.75, 3.05) is 5.32 Å². The first-order chi connectivity index (χ1) is 12.4. The lowest BCUT2D eigenvalue weighted by Crippen LogP contribution is -2.50. The molecule has 0 heterocycles. The number of carboxylic acids is 1. The smallest absolute Gasteiger partial charge is 0.313 e. The molecule has 0 aromatic heterocycles. The maximum atomic E-state index is 12.2. The van der Waals surface area contributed by atoms with Gasteiger partial charge in [-0.3, -0.25) is 19.2 Å². The molecule has 3 amide bonds. The molecule has 1 rings (SSSR count). The van der Waals surface area contributed by atoms with Crippen molar-refractivity contribution >= 4 is 29.4 Å². The van der Waals surface area contributed by atoms with Gasteiger partial charge in [0.05, 0.1) is 6.42 Å². The second-order valence-corrected chi connectivity index (χ2v) is 7.45. The van der Waals surface area contributed by atoms with Gasteiger partial charge in [-0.15, -0.1) is 0 Å². The minimum Gasteiger partial charge on any atom is -0.481 e. The lowest BCUT2D eigenvalue weighted by molar-refractivity contribution is -0.138. The molecule has 0 unspecified atom stereocenters. The van der Waals surface area contributed by atoms with E-state index >= 15 is 0 Å². The van der Waals surface area contributed by atoms with Gasteiger partial charge >= 0.3 is 17.8 Å². The second kappa shape index (κ2) is 9.16. The molecule has 0 aliphatic rings. The topological polar surface area (TPSA) is 125 Å². The first-order valence-corrected chi connectivity index (χ1v) is 8.65. The molecule has 148 valence electrons. The molecule has 0 radical (unpaired) electrons. The molecule has 0 aliphatic heterocycles. The minimum absolute atomic E-state index is 0.228. The third kappa shape index (κ3) is 7.08. The minimum atomic E-state index is -1.05.